The van der Waals surface area contributed by atoms with Gasteiger partial charge in [0.1, 0.15) is 5.75 Å². The monoisotopic (exact) mass is 458 g/mol. The number of unbranched alkanes of at least 4 members (excludes halogenated alkanes) is 2. The Morgan fingerprint density at radius 1 is 0.824 bits per heavy atom. The summed E-state index contributed by atoms with van der Waals surface area (Å²) in [6.45, 7) is 2.90. The van der Waals surface area contributed by atoms with Crippen LogP contribution in [-0.4, -0.2) is 23.5 Å². The Morgan fingerprint density at radius 2 is 1.47 bits per heavy atom. The molecule has 0 aliphatic heterocycles. The third-order valence-corrected chi connectivity index (χ3v) is 6.05. The number of rotatable bonds is 14. The highest BCUT2D eigenvalue weighted by Crippen LogP contribution is 2.24. The van der Waals surface area contributed by atoms with Crippen molar-refractivity contribution in [1.82, 2.24) is 0 Å². The Bertz CT molecular complexity index is 1020. The minimum atomic E-state index is -0.907. The molecule has 0 spiro atoms. The lowest BCUT2D eigenvalue weighted by Gasteiger charge is -2.12. The van der Waals surface area contributed by atoms with Gasteiger partial charge in [-0.15, -0.1) is 0 Å². The lowest BCUT2D eigenvalue weighted by molar-refractivity contribution is -0.141. The number of hydrogen-bond donors (Lipinski definition) is 1. The van der Waals surface area contributed by atoms with Gasteiger partial charge in [0.2, 0.25) is 0 Å². The molecule has 0 heterocycles. The molecule has 34 heavy (non-hydrogen) atoms. The lowest BCUT2D eigenvalue weighted by atomic mass is 9.92. The van der Waals surface area contributed by atoms with Crippen molar-refractivity contribution in [3.63, 3.8) is 0 Å². The molecular weight excluding hydrogens is 424 g/mol. The predicted molar refractivity (Wildman–Crippen MR) is 136 cm³/mol. The molecule has 1 N–H and O–H groups in total. The lowest BCUT2D eigenvalue weighted by Crippen LogP contribution is -2.18. The summed E-state index contributed by atoms with van der Waals surface area (Å²) in [7, 11) is 0. The molecule has 3 rings (SSSR count). The van der Waals surface area contributed by atoms with Crippen LogP contribution in [0.25, 0.3) is 11.1 Å². The zero-order valence-electron chi connectivity index (χ0n) is 19.9. The summed E-state index contributed by atoms with van der Waals surface area (Å²) in [4.78, 5) is 24.5. The third kappa shape index (κ3) is 7.87. The van der Waals surface area contributed by atoms with E-state index >= 15 is 0 Å². The van der Waals surface area contributed by atoms with Crippen molar-refractivity contribution in [1.29, 1.82) is 0 Å². The number of carboxylic acids is 1. The van der Waals surface area contributed by atoms with Crippen molar-refractivity contribution in [3.05, 3.63) is 90.0 Å². The normalized spacial score (nSPS) is 11.7. The molecule has 0 amide bonds. The molecule has 0 aliphatic rings. The smallest absolute Gasteiger partial charge is 0.306 e. The van der Waals surface area contributed by atoms with Gasteiger partial charge in [-0.1, -0.05) is 86.5 Å². The highest BCUT2D eigenvalue weighted by molar-refractivity contribution is 5.98. The zero-order chi connectivity index (χ0) is 24.2. The van der Waals surface area contributed by atoms with Gasteiger partial charge in [0.15, 0.2) is 5.78 Å². The van der Waals surface area contributed by atoms with Crippen LogP contribution >= 0.6 is 0 Å². The van der Waals surface area contributed by atoms with E-state index < -0.39 is 11.9 Å². The highest BCUT2D eigenvalue weighted by Gasteiger charge is 2.21. The Labute approximate surface area is 202 Å². The highest BCUT2D eigenvalue weighted by atomic mass is 16.5. The summed E-state index contributed by atoms with van der Waals surface area (Å²) in [5, 5.41) is 9.60. The summed E-state index contributed by atoms with van der Waals surface area (Å²) < 4.78 is 5.77. The van der Waals surface area contributed by atoms with Crippen LogP contribution < -0.4 is 4.74 Å². The molecule has 0 unspecified atom stereocenters. The van der Waals surface area contributed by atoms with E-state index in [4.69, 9.17) is 4.74 Å². The Kier molecular flexibility index (Phi) is 9.90. The third-order valence-electron chi connectivity index (χ3n) is 6.05. The molecule has 0 aliphatic carbocycles. The summed E-state index contributed by atoms with van der Waals surface area (Å²) >= 11 is 0. The van der Waals surface area contributed by atoms with Crippen LogP contribution in [0.1, 0.15) is 61.4 Å². The maximum Gasteiger partial charge on any atom is 0.306 e. The molecule has 178 valence electrons. The Morgan fingerprint density at radius 3 is 2.09 bits per heavy atom. The number of Topliss-reactive ketones (excluding diaryl/α,β-unsaturated/α-hetero) is 1. The largest absolute Gasteiger partial charge is 0.494 e. The van der Waals surface area contributed by atoms with E-state index in [2.05, 4.69) is 6.92 Å². The van der Waals surface area contributed by atoms with E-state index in [1.54, 1.807) is 12.1 Å². The molecule has 0 saturated heterocycles. The van der Waals surface area contributed by atoms with Gasteiger partial charge in [0, 0.05) is 12.0 Å². The van der Waals surface area contributed by atoms with Gasteiger partial charge in [0.05, 0.1) is 12.5 Å². The second-order valence-electron chi connectivity index (χ2n) is 8.70. The van der Waals surface area contributed by atoms with Crippen molar-refractivity contribution in [2.24, 2.45) is 5.92 Å². The van der Waals surface area contributed by atoms with E-state index in [0.29, 0.717) is 12.0 Å². The Hall–Kier alpha value is -3.40. The first-order chi connectivity index (χ1) is 16.6. The number of ether oxygens (including phenoxy) is 1. The minimum Gasteiger partial charge on any atom is -0.494 e. The van der Waals surface area contributed by atoms with Gasteiger partial charge in [0.25, 0.3) is 0 Å². The Balaban J connectivity index is 1.53. The average Bonchev–Trinajstić information content (AvgIpc) is 2.87. The van der Waals surface area contributed by atoms with Gasteiger partial charge in [-0.2, -0.15) is 0 Å². The topological polar surface area (TPSA) is 63.6 Å². The molecule has 3 aromatic rings. The molecule has 0 radical (unpaired) electrons. The molecular formula is C30H34O4. The number of carboxylic acid groups (broad SMARTS) is 1. The second kappa shape index (κ2) is 13.3. The van der Waals surface area contributed by atoms with Crippen molar-refractivity contribution in [3.8, 4) is 16.9 Å². The van der Waals surface area contributed by atoms with Gasteiger partial charge >= 0.3 is 5.97 Å². The van der Waals surface area contributed by atoms with E-state index in [1.165, 1.54) is 18.4 Å². The fourth-order valence-corrected chi connectivity index (χ4v) is 3.99. The standard InChI is InChI=1S/C30H34O4/c1-2-3-7-21-34-28-19-17-25(18-20-28)24-13-15-26(16-14-24)29(31)22-27(30(32)33)12-8-11-23-9-5-4-6-10-23/h4-6,9-10,13-20,27H,2-3,7-8,11-12,21-22H2,1H3,(H,32,33)/t27-/m1/s1. The zero-order valence-corrected chi connectivity index (χ0v) is 19.9. The number of aliphatic carboxylic acids is 1. The van der Waals surface area contributed by atoms with Crippen molar-refractivity contribution in [2.75, 3.05) is 6.61 Å². The first kappa shape index (κ1) is 25.2. The number of ketones is 1. The van der Waals surface area contributed by atoms with Crippen molar-refractivity contribution in [2.45, 2.75) is 51.9 Å². The van der Waals surface area contributed by atoms with Crippen LogP contribution in [0.2, 0.25) is 0 Å². The fraction of sp³-hybridized carbons (Fsp3) is 0.333. The van der Waals surface area contributed by atoms with Gasteiger partial charge in [-0.3, -0.25) is 9.59 Å². The van der Waals surface area contributed by atoms with Crippen molar-refractivity contribution >= 4 is 11.8 Å². The van der Waals surface area contributed by atoms with Crippen LogP contribution in [0, 0.1) is 5.92 Å². The summed E-state index contributed by atoms with van der Waals surface area (Å²) in [5.74, 6) is -0.844. The van der Waals surface area contributed by atoms with E-state index in [0.717, 1.165) is 42.7 Å². The van der Waals surface area contributed by atoms with Gasteiger partial charge < -0.3 is 9.84 Å². The molecule has 0 bridgehead atoms. The van der Waals surface area contributed by atoms with Crippen LogP contribution in [0.4, 0.5) is 0 Å². The number of carbonyl (C=O) groups excluding carboxylic acids is 1. The first-order valence-electron chi connectivity index (χ1n) is 12.2. The molecule has 0 fully saturated rings. The maximum absolute atomic E-state index is 12.8. The number of carbonyl (C=O) groups is 2. The quantitative estimate of drug-likeness (QED) is 0.205. The molecule has 1 atom stereocenters. The van der Waals surface area contributed by atoms with Gasteiger partial charge in [-0.05, 0) is 54.5 Å². The molecule has 4 nitrogen and oxygen atoms in total. The first-order valence-corrected chi connectivity index (χ1v) is 12.2. The molecule has 4 heteroatoms. The van der Waals surface area contributed by atoms with E-state index in [1.807, 2.05) is 66.7 Å². The van der Waals surface area contributed by atoms with E-state index in [-0.39, 0.29) is 12.2 Å². The predicted octanol–water partition coefficient (Wildman–Crippen LogP) is 7.22. The van der Waals surface area contributed by atoms with Crippen LogP contribution in [-0.2, 0) is 11.2 Å². The second-order valence-corrected chi connectivity index (χ2v) is 8.70. The number of hydrogen-bond acceptors (Lipinski definition) is 3. The fourth-order valence-electron chi connectivity index (χ4n) is 3.99. The molecule has 0 aromatic heterocycles. The molecule has 3 aromatic carbocycles. The van der Waals surface area contributed by atoms with Crippen LogP contribution in [0.5, 0.6) is 5.75 Å². The summed E-state index contributed by atoms with van der Waals surface area (Å²) in [6.07, 6.45) is 5.47. The summed E-state index contributed by atoms with van der Waals surface area (Å²) in [5.41, 5.74) is 3.79. The maximum atomic E-state index is 12.8. The number of aryl methyl sites for hydroxylation is 1. The SMILES string of the molecule is CCCCCOc1ccc(-c2ccc(C(=O)C[C@@H](CCCc3ccccc3)C(=O)O)cc2)cc1. The van der Waals surface area contributed by atoms with Crippen molar-refractivity contribution < 1.29 is 19.4 Å². The average molecular weight is 459 g/mol. The van der Waals surface area contributed by atoms with E-state index in [9.17, 15) is 14.7 Å². The summed E-state index contributed by atoms with van der Waals surface area (Å²) in [6, 6.07) is 25.4. The number of benzene rings is 3. The minimum absolute atomic E-state index is 0.0214. The van der Waals surface area contributed by atoms with Gasteiger partial charge in [-0.25, -0.2) is 0 Å². The van der Waals surface area contributed by atoms with Crippen LogP contribution in [0.15, 0.2) is 78.9 Å². The molecule has 0 saturated carbocycles. The van der Waals surface area contributed by atoms with Crippen LogP contribution in [0.3, 0.4) is 0 Å².